The quantitative estimate of drug-likeness (QED) is 0.620. The first kappa shape index (κ1) is 12.4. The first-order valence-corrected chi connectivity index (χ1v) is 6.22. The lowest BCUT2D eigenvalue weighted by atomic mass is 10.1. The van der Waals surface area contributed by atoms with Gasteiger partial charge in [0, 0.05) is 6.42 Å². The fraction of sp³-hybridized carbons (Fsp3) is 0.222. The smallest absolute Gasteiger partial charge is 0.321 e. The molecule has 0 aromatic heterocycles. The van der Waals surface area contributed by atoms with Crippen molar-refractivity contribution in [3.05, 3.63) is 29.8 Å². The zero-order valence-electron chi connectivity index (χ0n) is 7.76. The number of carbonyl (C=O) groups is 1. The van der Waals surface area contributed by atoms with Crippen LogP contribution in [0.15, 0.2) is 24.3 Å². The molecule has 2 N–H and O–H groups in total. The molecule has 0 saturated carbocycles. The van der Waals surface area contributed by atoms with Crippen molar-refractivity contribution in [1.29, 1.82) is 0 Å². The summed E-state index contributed by atoms with van der Waals surface area (Å²) >= 11 is 5.16. The number of hydrogen-bond acceptors (Lipinski definition) is 2. The Morgan fingerprint density at radius 3 is 2.60 bits per heavy atom. The van der Waals surface area contributed by atoms with Gasteiger partial charge in [0.2, 0.25) is 5.24 Å². The van der Waals surface area contributed by atoms with Gasteiger partial charge in [0.15, 0.2) is 0 Å². The molecule has 0 atom stereocenters. The molecule has 0 radical (unpaired) electrons. The van der Waals surface area contributed by atoms with Crippen LogP contribution in [0.5, 0.6) is 0 Å². The van der Waals surface area contributed by atoms with Crippen molar-refractivity contribution < 1.29 is 19.1 Å². The highest BCUT2D eigenvalue weighted by molar-refractivity contribution is 7.60. The lowest BCUT2D eigenvalue weighted by Gasteiger charge is -2.05. The Hall–Kier alpha value is -0.670. The Balaban J connectivity index is 2.84. The first-order chi connectivity index (χ1) is 6.89. The van der Waals surface area contributed by atoms with Gasteiger partial charge in [-0.25, -0.2) is 0 Å². The molecular formula is C9H10ClO4P. The number of halogens is 1. The van der Waals surface area contributed by atoms with Gasteiger partial charge >= 0.3 is 7.60 Å². The highest BCUT2D eigenvalue weighted by atomic mass is 35.5. The van der Waals surface area contributed by atoms with Crippen LogP contribution in [0, 0.1) is 0 Å². The molecule has 0 amide bonds. The molecular weight excluding hydrogens is 239 g/mol. The number of carbonyl (C=O) groups excluding carboxylic acids is 1. The van der Waals surface area contributed by atoms with E-state index in [-0.39, 0.29) is 11.7 Å². The van der Waals surface area contributed by atoms with Crippen molar-refractivity contribution in [2.45, 2.75) is 12.8 Å². The summed E-state index contributed by atoms with van der Waals surface area (Å²) in [6.45, 7) is 0. The highest BCUT2D eigenvalue weighted by Crippen LogP contribution is 2.33. The number of hydrogen-bond donors (Lipinski definition) is 2. The Kier molecular flexibility index (Phi) is 4.05. The van der Waals surface area contributed by atoms with Crippen molar-refractivity contribution >= 4 is 29.7 Å². The lowest BCUT2D eigenvalue weighted by Crippen LogP contribution is -2.05. The average Bonchev–Trinajstić information content (AvgIpc) is 2.14. The summed E-state index contributed by atoms with van der Waals surface area (Å²) in [6, 6.07) is 5.98. The van der Waals surface area contributed by atoms with Crippen molar-refractivity contribution in [3.8, 4) is 0 Å². The van der Waals surface area contributed by atoms with E-state index in [1.807, 2.05) is 0 Å². The second-order valence-corrected chi connectivity index (χ2v) is 5.10. The summed E-state index contributed by atoms with van der Waals surface area (Å²) in [5.74, 6) is 0. The molecule has 0 fully saturated rings. The van der Waals surface area contributed by atoms with Gasteiger partial charge in [-0.05, 0) is 35.7 Å². The highest BCUT2D eigenvalue weighted by Gasteiger charge is 2.16. The van der Waals surface area contributed by atoms with E-state index in [2.05, 4.69) is 0 Å². The molecule has 1 aromatic rings. The molecule has 0 spiro atoms. The van der Waals surface area contributed by atoms with Crippen molar-refractivity contribution in [2.24, 2.45) is 0 Å². The summed E-state index contributed by atoms with van der Waals surface area (Å²) in [6.07, 6.45) is 0.544. The predicted molar refractivity (Wildman–Crippen MR) is 57.3 cm³/mol. The van der Waals surface area contributed by atoms with Crippen LogP contribution < -0.4 is 5.30 Å². The zero-order chi connectivity index (χ0) is 11.5. The van der Waals surface area contributed by atoms with Gasteiger partial charge in [-0.3, -0.25) is 9.36 Å². The number of rotatable bonds is 4. The molecule has 0 aliphatic carbocycles. The van der Waals surface area contributed by atoms with Gasteiger partial charge < -0.3 is 9.79 Å². The van der Waals surface area contributed by atoms with E-state index < -0.39 is 12.8 Å². The van der Waals surface area contributed by atoms with Gasteiger partial charge in [-0.1, -0.05) is 12.1 Å². The van der Waals surface area contributed by atoms with Crippen LogP contribution in [0.2, 0.25) is 0 Å². The predicted octanol–water partition coefficient (Wildman–Crippen LogP) is 1.19. The van der Waals surface area contributed by atoms with E-state index in [1.54, 1.807) is 12.1 Å². The summed E-state index contributed by atoms with van der Waals surface area (Å²) in [5.41, 5.74) is 0.685. The van der Waals surface area contributed by atoms with E-state index in [0.717, 1.165) is 0 Å². The van der Waals surface area contributed by atoms with Crippen LogP contribution in [-0.4, -0.2) is 15.0 Å². The molecule has 1 aromatic carbocycles. The molecule has 0 bridgehead atoms. The SMILES string of the molecule is O=C(Cl)CCc1cccc(P(=O)(O)O)c1. The van der Waals surface area contributed by atoms with Crippen LogP contribution >= 0.6 is 19.2 Å². The molecule has 1 rings (SSSR count). The third kappa shape index (κ3) is 4.14. The topological polar surface area (TPSA) is 74.6 Å². The standard InChI is InChI=1S/C9H10ClO4P/c10-9(11)5-4-7-2-1-3-8(6-7)15(12,13)14/h1-3,6H,4-5H2,(H2,12,13,14). The molecule has 4 nitrogen and oxygen atoms in total. The summed E-state index contributed by atoms with van der Waals surface area (Å²) in [5, 5.41) is -0.501. The fourth-order valence-corrected chi connectivity index (χ4v) is 1.84. The molecule has 82 valence electrons. The molecule has 0 heterocycles. The summed E-state index contributed by atoms with van der Waals surface area (Å²) in [4.78, 5) is 28.3. The van der Waals surface area contributed by atoms with Crippen LogP contribution in [-0.2, 0) is 15.8 Å². The maximum absolute atomic E-state index is 10.9. The van der Waals surface area contributed by atoms with E-state index in [0.29, 0.717) is 12.0 Å². The molecule has 15 heavy (non-hydrogen) atoms. The minimum absolute atomic E-state index is 0.0398. The summed E-state index contributed by atoms with van der Waals surface area (Å²) < 4.78 is 10.9. The maximum Gasteiger partial charge on any atom is 0.356 e. The van der Waals surface area contributed by atoms with Gasteiger partial charge in [-0.15, -0.1) is 0 Å². The second-order valence-electron chi connectivity index (χ2n) is 3.07. The molecule has 0 saturated heterocycles. The molecule has 0 unspecified atom stereocenters. The largest absolute Gasteiger partial charge is 0.356 e. The van der Waals surface area contributed by atoms with Crippen molar-refractivity contribution in [1.82, 2.24) is 0 Å². The monoisotopic (exact) mass is 248 g/mol. The number of benzene rings is 1. The van der Waals surface area contributed by atoms with Crippen molar-refractivity contribution in [3.63, 3.8) is 0 Å². The van der Waals surface area contributed by atoms with Crippen LogP contribution in [0.25, 0.3) is 0 Å². The fourth-order valence-electron chi connectivity index (χ4n) is 1.14. The van der Waals surface area contributed by atoms with Gasteiger partial charge in [0.1, 0.15) is 0 Å². The zero-order valence-corrected chi connectivity index (χ0v) is 9.41. The Bertz CT molecular complexity index is 412. The van der Waals surface area contributed by atoms with E-state index in [1.165, 1.54) is 12.1 Å². The maximum atomic E-state index is 10.9. The first-order valence-electron chi connectivity index (χ1n) is 4.23. The van der Waals surface area contributed by atoms with Crippen LogP contribution in [0.1, 0.15) is 12.0 Å². The van der Waals surface area contributed by atoms with Crippen LogP contribution in [0.3, 0.4) is 0 Å². The third-order valence-electron chi connectivity index (χ3n) is 1.86. The molecule has 0 aliphatic heterocycles. The second kappa shape index (κ2) is 4.90. The number of aryl methyl sites for hydroxylation is 1. The Morgan fingerprint density at radius 1 is 1.40 bits per heavy atom. The normalized spacial score (nSPS) is 11.4. The summed E-state index contributed by atoms with van der Waals surface area (Å²) in [7, 11) is -4.21. The Labute approximate surface area is 92.0 Å². The van der Waals surface area contributed by atoms with E-state index in [4.69, 9.17) is 21.4 Å². The van der Waals surface area contributed by atoms with E-state index in [9.17, 15) is 9.36 Å². The lowest BCUT2D eigenvalue weighted by molar-refractivity contribution is -0.111. The van der Waals surface area contributed by atoms with Crippen molar-refractivity contribution in [2.75, 3.05) is 0 Å². The average molecular weight is 249 g/mol. The van der Waals surface area contributed by atoms with Gasteiger partial charge in [-0.2, -0.15) is 0 Å². The minimum atomic E-state index is -4.21. The van der Waals surface area contributed by atoms with Gasteiger partial charge in [0.05, 0.1) is 5.30 Å². The Morgan fingerprint density at radius 2 is 2.07 bits per heavy atom. The van der Waals surface area contributed by atoms with E-state index >= 15 is 0 Å². The third-order valence-corrected chi connectivity index (χ3v) is 3.00. The van der Waals surface area contributed by atoms with Crippen LogP contribution in [0.4, 0.5) is 0 Å². The molecule has 6 heteroatoms. The minimum Gasteiger partial charge on any atom is -0.321 e. The van der Waals surface area contributed by atoms with Gasteiger partial charge in [0.25, 0.3) is 0 Å². The molecule has 0 aliphatic rings.